The fourth-order valence-electron chi connectivity index (χ4n) is 2.37. The van der Waals surface area contributed by atoms with Gasteiger partial charge in [0.05, 0.1) is 6.61 Å². The lowest BCUT2D eigenvalue weighted by Gasteiger charge is -2.29. The summed E-state index contributed by atoms with van der Waals surface area (Å²) in [6.07, 6.45) is 5.03. The van der Waals surface area contributed by atoms with Gasteiger partial charge in [0.15, 0.2) is 0 Å². The average Bonchev–Trinajstić information content (AvgIpc) is 2.42. The summed E-state index contributed by atoms with van der Waals surface area (Å²) in [7, 11) is 1.73. The number of likely N-dealkylation sites (N-methyl/N-ethyl adjacent to an activating group) is 1. The van der Waals surface area contributed by atoms with Crippen molar-refractivity contribution in [1.82, 2.24) is 10.2 Å². The van der Waals surface area contributed by atoms with Crippen LogP contribution in [-0.4, -0.2) is 64.1 Å². The van der Waals surface area contributed by atoms with Crippen LogP contribution in [0, 0.1) is 0 Å². The lowest BCUT2D eigenvalue weighted by molar-refractivity contribution is 0.0816. The lowest BCUT2D eigenvalue weighted by Crippen LogP contribution is -2.44. The Morgan fingerprint density at radius 1 is 1.22 bits per heavy atom. The minimum Gasteiger partial charge on any atom is -0.385 e. The highest BCUT2D eigenvalue weighted by Gasteiger charge is 2.15. The summed E-state index contributed by atoms with van der Waals surface area (Å²) in [5, 5.41) is 3.60. The van der Waals surface area contributed by atoms with E-state index < -0.39 is 0 Å². The fourth-order valence-corrected chi connectivity index (χ4v) is 2.37. The van der Waals surface area contributed by atoms with E-state index in [-0.39, 0.29) is 0 Å². The normalized spacial score (nSPS) is 20.5. The molecule has 1 saturated heterocycles. The molecule has 1 aliphatic heterocycles. The van der Waals surface area contributed by atoms with Crippen LogP contribution in [0.2, 0.25) is 0 Å². The van der Waals surface area contributed by atoms with E-state index in [1.165, 1.54) is 25.8 Å². The van der Waals surface area contributed by atoms with Gasteiger partial charge in [0.25, 0.3) is 0 Å². The van der Waals surface area contributed by atoms with Crippen molar-refractivity contribution in [2.75, 3.05) is 53.1 Å². The molecular weight excluding hydrogens is 228 g/mol. The van der Waals surface area contributed by atoms with Crippen LogP contribution in [0.15, 0.2) is 0 Å². The van der Waals surface area contributed by atoms with Crippen molar-refractivity contribution in [2.45, 2.75) is 38.6 Å². The van der Waals surface area contributed by atoms with Crippen molar-refractivity contribution in [2.24, 2.45) is 0 Å². The van der Waals surface area contributed by atoms with E-state index in [1.54, 1.807) is 7.11 Å². The van der Waals surface area contributed by atoms with Gasteiger partial charge < -0.3 is 14.8 Å². The number of ether oxygens (including phenoxy) is 2. The van der Waals surface area contributed by atoms with Gasteiger partial charge in [-0.15, -0.1) is 0 Å². The summed E-state index contributed by atoms with van der Waals surface area (Å²) >= 11 is 0. The molecular formula is C14H30N2O2. The van der Waals surface area contributed by atoms with Gasteiger partial charge in [-0.1, -0.05) is 13.3 Å². The van der Waals surface area contributed by atoms with Gasteiger partial charge in [-0.2, -0.15) is 0 Å². The Morgan fingerprint density at radius 3 is 2.78 bits per heavy atom. The van der Waals surface area contributed by atoms with Crippen LogP contribution in [-0.2, 0) is 9.47 Å². The van der Waals surface area contributed by atoms with E-state index in [9.17, 15) is 0 Å². The SMILES string of the molecule is CCN(CCOCCCOC)CC1CCCCN1. The van der Waals surface area contributed by atoms with E-state index in [0.29, 0.717) is 6.04 Å². The average molecular weight is 258 g/mol. The highest BCUT2D eigenvalue weighted by atomic mass is 16.5. The minimum absolute atomic E-state index is 0.687. The second-order valence-electron chi connectivity index (χ2n) is 5.00. The van der Waals surface area contributed by atoms with Crippen molar-refractivity contribution in [3.05, 3.63) is 0 Å². The first-order valence-corrected chi connectivity index (χ1v) is 7.39. The molecule has 0 spiro atoms. The summed E-state index contributed by atoms with van der Waals surface area (Å²) in [4.78, 5) is 2.49. The van der Waals surface area contributed by atoms with Crippen molar-refractivity contribution >= 4 is 0 Å². The molecule has 1 aliphatic rings. The molecule has 1 fully saturated rings. The van der Waals surface area contributed by atoms with E-state index in [4.69, 9.17) is 9.47 Å². The molecule has 1 unspecified atom stereocenters. The van der Waals surface area contributed by atoms with Crippen LogP contribution >= 0.6 is 0 Å². The van der Waals surface area contributed by atoms with Crippen LogP contribution in [0.1, 0.15) is 32.6 Å². The van der Waals surface area contributed by atoms with Crippen molar-refractivity contribution in [1.29, 1.82) is 0 Å². The Hall–Kier alpha value is -0.160. The molecule has 0 aromatic heterocycles. The first-order valence-electron chi connectivity index (χ1n) is 7.39. The summed E-state index contributed by atoms with van der Waals surface area (Å²) in [6, 6.07) is 0.687. The standard InChI is InChI=1S/C14H30N2O2/c1-3-16(9-12-18-11-6-10-17-2)13-14-7-4-5-8-15-14/h14-15H,3-13H2,1-2H3. The van der Waals surface area contributed by atoms with Crippen LogP contribution < -0.4 is 5.32 Å². The lowest BCUT2D eigenvalue weighted by atomic mass is 10.0. The molecule has 0 aliphatic carbocycles. The van der Waals surface area contributed by atoms with E-state index in [1.807, 2.05) is 0 Å². The van der Waals surface area contributed by atoms with Crippen LogP contribution in [0.3, 0.4) is 0 Å². The molecule has 0 saturated carbocycles. The maximum Gasteiger partial charge on any atom is 0.0593 e. The van der Waals surface area contributed by atoms with Gasteiger partial charge in [0, 0.05) is 39.5 Å². The first kappa shape index (κ1) is 15.9. The van der Waals surface area contributed by atoms with Crippen molar-refractivity contribution in [3.63, 3.8) is 0 Å². The highest BCUT2D eigenvalue weighted by molar-refractivity contribution is 4.75. The Labute approximate surface area is 112 Å². The largest absolute Gasteiger partial charge is 0.385 e. The zero-order valence-electron chi connectivity index (χ0n) is 12.1. The third kappa shape index (κ3) is 7.31. The molecule has 1 heterocycles. The molecule has 0 amide bonds. The van der Waals surface area contributed by atoms with Gasteiger partial charge in [-0.3, -0.25) is 4.90 Å². The van der Waals surface area contributed by atoms with Gasteiger partial charge in [0.1, 0.15) is 0 Å². The van der Waals surface area contributed by atoms with E-state index >= 15 is 0 Å². The second-order valence-corrected chi connectivity index (χ2v) is 5.00. The minimum atomic E-state index is 0.687. The van der Waals surface area contributed by atoms with E-state index in [0.717, 1.165) is 45.9 Å². The predicted molar refractivity (Wildman–Crippen MR) is 75.1 cm³/mol. The molecule has 1 rings (SSSR count). The maximum absolute atomic E-state index is 5.62. The molecule has 18 heavy (non-hydrogen) atoms. The van der Waals surface area contributed by atoms with Crippen LogP contribution in [0.5, 0.6) is 0 Å². The van der Waals surface area contributed by atoms with Gasteiger partial charge in [0.2, 0.25) is 0 Å². The topological polar surface area (TPSA) is 33.7 Å². The van der Waals surface area contributed by atoms with Crippen molar-refractivity contribution in [3.8, 4) is 0 Å². The summed E-state index contributed by atoms with van der Waals surface area (Å²) in [5.41, 5.74) is 0. The molecule has 0 radical (unpaired) electrons. The molecule has 0 aromatic carbocycles. The Morgan fingerprint density at radius 2 is 2.11 bits per heavy atom. The number of piperidine rings is 1. The molecule has 108 valence electrons. The maximum atomic E-state index is 5.62. The zero-order valence-corrected chi connectivity index (χ0v) is 12.1. The number of nitrogens with zero attached hydrogens (tertiary/aromatic N) is 1. The van der Waals surface area contributed by atoms with Crippen LogP contribution in [0.25, 0.3) is 0 Å². The number of nitrogens with one attached hydrogen (secondary N) is 1. The predicted octanol–water partition coefficient (Wildman–Crippen LogP) is 1.50. The first-order chi connectivity index (χ1) is 8.86. The third-order valence-corrected chi connectivity index (χ3v) is 3.53. The second kappa shape index (κ2) is 10.7. The fraction of sp³-hybridized carbons (Fsp3) is 1.00. The Kier molecular flexibility index (Phi) is 9.48. The Balaban J connectivity index is 2.01. The number of hydrogen-bond donors (Lipinski definition) is 1. The third-order valence-electron chi connectivity index (χ3n) is 3.53. The Bertz CT molecular complexity index is 185. The van der Waals surface area contributed by atoms with Gasteiger partial charge in [-0.05, 0) is 32.4 Å². The number of methoxy groups -OCH3 is 1. The molecule has 1 atom stereocenters. The van der Waals surface area contributed by atoms with E-state index in [2.05, 4.69) is 17.1 Å². The molecule has 0 aromatic rings. The molecule has 4 heteroatoms. The summed E-state index contributed by atoms with van der Waals surface area (Å²) < 4.78 is 10.6. The van der Waals surface area contributed by atoms with Gasteiger partial charge in [-0.25, -0.2) is 0 Å². The smallest absolute Gasteiger partial charge is 0.0593 e. The molecule has 0 bridgehead atoms. The van der Waals surface area contributed by atoms with Gasteiger partial charge >= 0.3 is 0 Å². The quantitative estimate of drug-likeness (QED) is 0.602. The number of rotatable bonds is 10. The highest BCUT2D eigenvalue weighted by Crippen LogP contribution is 2.08. The van der Waals surface area contributed by atoms with Crippen LogP contribution in [0.4, 0.5) is 0 Å². The monoisotopic (exact) mass is 258 g/mol. The summed E-state index contributed by atoms with van der Waals surface area (Å²) in [6.45, 7) is 9.18. The molecule has 1 N–H and O–H groups in total. The number of hydrogen-bond acceptors (Lipinski definition) is 4. The molecule has 4 nitrogen and oxygen atoms in total. The summed E-state index contributed by atoms with van der Waals surface area (Å²) in [5.74, 6) is 0. The van der Waals surface area contributed by atoms with Crippen molar-refractivity contribution < 1.29 is 9.47 Å². The zero-order chi connectivity index (χ0) is 13.1.